The van der Waals surface area contributed by atoms with E-state index in [1.165, 1.54) is 0 Å². The quantitative estimate of drug-likeness (QED) is 0.689. The molecule has 0 saturated heterocycles. The van der Waals surface area contributed by atoms with Gasteiger partial charge in [-0.15, -0.1) is 6.42 Å². The summed E-state index contributed by atoms with van der Waals surface area (Å²) in [4.78, 5) is 21.5. The summed E-state index contributed by atoms with van der Waals surface area (Å²) in [6.45, 7) is 0.341. The number of rotatable bonds is 4. The second-order valence-electron chi connectivity index (χ2n) is 6.30. The van der Waals surface area contributed by atoms with Crippen molar-refractivity contribution in [3.8, 4) is 18.0 Å². The maximum atomic E-state index is 12.4. The van der Waals surface area contributed by atoms with Crippen molar-refractivity contribution in [2.45, 2.75) is 6.54 Å². The third-order valence-electron chi connectivity index (χ3n) is 4.59. The predicted octanol–water partition coefficient (Wildman–Crippen LogP) is 1.93. The number of aliphatic imine (C=N–C) groups is 1. The van der Waals surface area contributed by atoms with E-state index >= 15 is 0 Å². The Kier molecular flexibility index (Phi) is 4.75. The zero-order valence-electron chi connectivity index (χ0n) is 15.1. The smallest absolute Gasteiger partial charge is 0.271 e. The van der Waals surface area contributed by atoms with Gasteiger partial charge in [0.05, 0.1) is 30.2 Å². The third kappa shape index (κ3) is 3.08. The van der Waals surface area contributed by atoms with E-state index in [-0.39, 0.29) is 19.1 Å². The van der Waals surface area contributed by atoms with Gasteiger partial charge in [-0.25, -0.2) is 4.98 Å². The summed E-state index contributed by atoms with van der Waals surface area (Å²) in [7, 11) is 0. The van der Waals surface area contributed by atoms with E-state index in [0.29, 0.717) is 17.9 Å². The van der Waals surface area contributed by atoms with Gasteiger partial charge in [0, 0.05) is 23.2 Å². The van der Waals surface area contributed by atoms with Crippen molar-refractivity contribution in [1.29, 1.82) is 0 Å². The first-order valence-electron chi connectivity index (χ1n) is 8.89. The first-order valence-corrected chi connectivity index (χ1v) is 8.89. The van der Waals surface area contributed by atoms with Crippen LogP contribution in [0, 0.1) is 12.3 Å². The van der Waals surface area contributed by atoms with E-state index in [2.05, 4.69) is 16.2 Å². The number of terminal acetylenes is 1. The number of hydrogen-bond donors (Lipinski definition) is 2. The number of imidazole rings is 1. The highest BCUT2D eigenvalue weighted by molar-refractivity contribution is 6.15. The molecule has 1 aliphatic rings. The van der Waals surface area contributed by atoms with Crippen molar-refractivity contribution in [2.75, 3.05) is 13.2 Å². The second kappa shape index (κ2) is 7.51. The van der Waals surface area contributed by atoms with Gasteiger partial charge >= 0.3 is 0 Å². The summed E-state index contributed by atoms with van der Waals surface area (Å²) >= 11 is 0. The van der Waals surface area contributed by atoms with Crippen LogP contribution >= 0.6 is 0 Å². The van der Waals surface area contributed by atoms with Crippen molar-refractivity contribution in [1.82, 2.24) is 14.9 Å². The van der Waals surface area contributed by atoms with Gasteiger partial charge < -0.3 is 10.4 Å². The van der Waals surface area contributed by atoms with Crippen LogP contribution in [0.5, 0.6) is 0 Å². The molecule has 1 aromatic heterocycles. The summed E-state index contributed by atoms with van der Waals surface area (Å²) in [6, 6.07) is 15.6. The van der Waals surface area contributed by atoms with Crippen molar-refractivity contribution in [3.05, 3.63) is 82.9 Å². The van der Waals surface area contributed by atoms with Crippen LogP contribution in [-0.4, -0.2) is 39.4 Å². The fourth-order valence-corrected chi connectivity index (χ4v) is 3.28. The van der Waals surface area contributed by atoms with Crippen LogP contribution in [-0.2, 0) is 6.54 Å². The lowest BCUT2D eigenvalue weighted by molar-refractivity contribution is 0.0939. The monoisotopic (exact) mass is 370 g/mol. The molecular weight excluding hydrogens is 352 g/mol. The number of aliphatic hydroxyl groups excluding tert-OH is 1. The Morgan fingerprint density at radius 1 is 1.25 bits per heavy atom. The number of fused-ring (bicyclic) bond motifs is 3. The lowest BCUT2D eigenvalue weighted by Crippen LogP contribution is -2.27. The summed E-state index contributed by atoms with van der Waals surface area (Å²) < 4.78 is 1.88. The maximum absolute atomic E-state index is 12.4. The molecule has 0 aliphatic carbocycles. The van der Waals surface area contributed by atoms with E-state index in [4.69, 9.17) is 16.5 Å². The molecule has 6 nitrogen and oxygen atoms in total. The molecule has 0 saturated carbocycles. The van der Waals surface area contributed by atoms with Crippen LogP contribution in [0.4, 0.5) is 0 Å². The molecule has 1 aliphatic heterocycles. The molecule has 2 N–H and O–H groups in total. The van der Waals surface area contributed by atoms with Crippen LogP contribution in [0.3, 0.4) is 0 Å². The lowest BCUT2D eigenvalue weighted by Gasteiger charge is -2.12. The highest BCUT2D eigenvalue weighted by atomic mass is 16.3. The Balaban J connectivity index is 1.88. The van der Waals surface area contributed by atoms with E-state index in [1.54, 1.807) is 6.33 Å². The molecule has 2 aromatic carbocycles. The van der Waals surface area contributed by atoms with Crippen molar-refractivity contribution in [2.24, 2.45) is 4.99 Å². The van der Waals surface area contributed by atoms with Gasteiger partial charge in [0.25, 0.3) is 5.91 Å². The minimum atomic E-state index is -0.331. The van der Waals surface area contributed by atoms with Crippen molar-refractivity contribution < 1.29 is 9.90 Å². The van der Waals surface area contributed by atoms with Crippen LogP contribution in [0.2, 0.25) is 0 Å². The van der Waals surface area contributed by atoms with Crippen LogP contribution in [0.1, 0.15) is 32.9 Å². The number of carbonyl (C=O) groups is 1. The summed E-state index contributed by atoms with van der Waals surface area (Å²) in [5, 5.41) is 11.6. The topological polar surface area (TPSA) is 79.5 Å². The number of aromatic nitrogens is 2. The molecule has 0 atom stereocenters. The van der Waals surface area contributed by atoms with Gasteiger partial charge in [-0.3, -0.25) is 14.4 Å². The Hall–Kier alpha value is -3.69. The molecule has 4 rings (SSSR count). The fraction of sp³-hybridized carbons (Fsp3) is 0.136. The number of aliphatic hydroxyl groups is 1. The van der Waals surface area contributed by atoms with Gasteiger partial charge in [-0.05, 0) is 18.2 Å². The summed E-state index contributed by atoms with van der Waals surface area (Å²) in [5.41, 5.74) is 5.30. The minimum Gasteiger partial charge on any atom is -0.395 e. The fourth-order valence-electron chi connectivity index (χ4n) is 3.28. The maximum Gasteiger partial charge on any atom is 0.271 e. The Morgan fingerprint density at radius 3 is 2.82 bits per heavy atom. The number of nitrogens with zero attached hydrogens (tertiary/aromatic N) is 3. The Morgan fingerprint density at radius 2 is 2.07 bits per heavy atom. The van der Waals surface area contributed by atoms with Crippen LogP contribution < -0.4 is 5.32 Å². The average molecular weight is 370 g/mol. The van der Waals surface area contributed by atoms with Crippen molar-refractivity contribution >= 4 is 11.6 Å². The number of amides is 1. The minimum absolute atomic E-state index is 0.129. The molecule has 2 heterocycles. The van der Waals surface area contributed by atoms with Gasteiger partial charge in [0.15, 0.2) is 5.69 Å². The molecule has 0 bridgehead atoms. The zero-order chi connectivity index (χ0) is 19.5. The van der Waals surface area contributed by atoms with Crippen LogP contribution in [0.25, 0.3) is 5.69 Å². The summed E-state index contributed by atoms with van der Waals surface area (Å²) in [6.07, 6.45) is 7.23. The largest absolute Gasteiger partial charge is 0.395 e. The molecule has 0 fully saturated rings. The van der Waals surface area contributed by atoms with Gasteiger partial charge in [0.2, 0.25) is 0 Å². The molecule has 138 valence electrons. The van der Waals surface area contributed by atoms with Gasteiger partial charge in [0.1, 0.15) is 6.33 Å². The predicted molar refractivity (Wildman–Crippen MR) is 107 cm³/mol. The zero-order valence-corrected chi connectivity index (χ0v) is 15.1. The molecule has 0 radical (unpaired) electrons. The van der Waals surface area contributed by atoms with Crippen LogP contribution in [0.15, 0.2) is 59.9 Å². The van der Waals surface area contributed by atoms with Gasteiger partial charge in [-0.2, -0.15) is 0 Å². The first-order chi connectivity index (χ1) is 13.7. The average Bonchev–Trinajstić information content (AvgIpc) is 3.09. The highest BCUT2D eigenvalue weighted by Crippen LogP contribution is 2.27. The van der Waals surface area contributed by atoms with Crippen molar-refractivity contribution in [3.63, 3.8) is 0 Å². The normalized spacial score (nSPS) is 12.2. The number of hydrogen-bond acceptors (Lipinski definition) is 4. The standard InChI is InChI=1S/C22H18N4O2/c1-2-15-8-9-18-17(12-15)20(16-6-4-3-5-7-16)24-13-19-21(25-14-26(18)19)22(28)23-10-11-27/h1,3-9,12,14,27H,10-11,13H2,(H,23,28). The van der Waals surface area contributed by atoms with E-state index in [9.17, 15) is 4.79 Å². The Labute approximate surface area is 162 Å². The molecule has 0 spiro atoms. The van der Waals surface area contributed by atoms with E-state index in [1.807, 2.05) is 53.1 Å². The molecule has 3 aromatic rings. The highest BCUT2D eigenvalue weighted by Gasteiger charge is 2.24. The molecule has 28 heavy (non-hydrogen) atoms. The first kappa shape index (κ1) is 17.7. The third-order valence-corrected chi connectivity index (χ3v) is 4.59. The van der Waals surface area contributed by atoms with E-state index in [0.717, 1.165) is 28.1 Å². The molecule has 1 amide bonds. The number of nitrogens with one attached hydrogen (secondary N) is 1. The van der Waals surface area contributed by atoms with E-state index < -0.39 is 0 Å². The summed E-state index contributed by atoms with van der Waals surface area (Å²) in [5.74, 6) is 2.34. The Bertz CT molecular complexity index is 1110. The molecule has 0 unspecified atom stereocenters. The molecular formula is C22H18N4O2. The number of benzene rings is 2. The van der Waals surface area contributed by atoms with Gasteiger partial charge in [-0.1, -0.05) is 36.3 Å². The lowest BCUT2D eigenvalue weighted by atomic mass is 9.98. The second-order valence-corrected chi connectivity index (χ2v) is 6.30. The SMILES string of the molecule is C#Cc1ccc2c(c1)C(c1ccccc1)=NCc1c(C(=O)NCCO)ncn1-2. The molecule has 6 heteroatoms. The number of carbonyl (C=O) groups excluding carboxylic acids is 1.